The van der Waals surface area contributed by atoms with Gasteiger partial charge in [0.1, 0.15) is 0 Å². The number of hydrazine groups is 1. The summed E-state index contributed by atoms with van der Waals surface area (Å²) in [5, 5.41) is 0. The van der Waals surface area contributed by atoms with Crippen LogP contribution >= 0.6 is 0 Å². The van der Waals surface area contributed by atoms with Crippen LogP contribution in [0.15, 0.2) is 24.3 Å². The third-order valence-corrected chi connectivity index (χ3v) is 3.35. The summed E-state index contributed by atoms with van der Waals surface area (Å²) in [6, 6.07) is 8.78. The minimum Gasteiger partial charge on any atom is -0.382 e. The number of nitrogens with one attached hydrogen (secondary N) is 1. The van der Waals surface area contributed by atoms with Gasteiger partial charge in [-0.1, -0.05) is 45.0 Å². The molecule has 3 N–H and O–H groups in total. The van der Waals surface area contributed by atoms with E-state index in [-0.39, 0.29) is 17.6 Å². The van der Waals surface area contributed by atoms with Gasteiger partial charge in [-0.2, -0.15) is 0 Å². The van der Waals surface area contributed by atoms with Gasteiger partial charge in [0.2, 0.25) is 0 Å². The van der Waals surface area contributed by atoms with Gasteiger partial charge < -0.3 is 4.74 Å². The first-order valence-electron chi connectivity index (χ1n) is 6.48. The van der Waals surface area contributed by atoms with E-state index in [0.717, 1.165) is 6.42 Å². The number of hydrogen-bond donors (Lipinski definition) is 2. The van der Waals surface area contributed by atoms with Crippen LogP contribution in [0.4, 0.5) is 0 Å². The first-order chi connectivity index (χ1) is 8.38. The van der Waals surface area contributed by atoms with Gasteiger partial charge in [0.25, 0.3) is 0 Å². The van der Waals surface area contributed by atoms with Gasteiger partial charge in [-0.05, 0) is 29.9 Å². The Kier molecular flexibility index (Phi) is 5.32. The summed E-state index contributed by atoms with van der Waals surface area (Å²) in [5.41, 5.74) is 5.58. The average molecular weight is 250 g/mol. The van der Waals surface area contributed by atoms with Crippen LogP contribution in [0.3, 0.4) is 0 Å². The first kappa shape index (κ1) is 15.2. The van der Waals surface area contributed by atoms with Crippen molar-refractivity contribution in [2.24, 2.45) is 5.84 Å². The molecule has 0 aromatic heterocycles. The fourth-order valence-corrected chi connectivity index (χ4v) is 1.94. The Morgan fingerprint density at radius 2 is 1.78 bits per heavy atom. The third-order valence-electron chi connectivity index (χ3n) is 3.35. The average Bonchev–Trinajstić information content (AvgIpc) is 2.34. The van der Waals surface area contributed by atoms with E-state index in [1.807, 2.05) is 6.92 Å². The maximum absolute atomic E-state index is 5.63. The molecule has 102 valence electrons. The highest BCUT2D eigenvalue weighted by atomic mass is 16.5. The molecule has 0 aliphatic heterocycles. The molecule has 0 bridgehead atoms. The molecule has 0 aliphatic rings. The predicted molar refractivity (Wildman–Crippen MR) is 76.3 cm³/mol. The van der Waals surface area contributed by atoms with E-state index in [4.69, 9.17) is 10.6 Å². The van der Waals surface area contributed by atoms with Crippen molar-refractivity contribution in [3.05, 3.63) is 35.4 Å². The standard InChI is InChI=1S/C15H26N2O/c1-11(18-5)10-14(17-16)12-6-8-13(9-7-12)15(2,3)4/h6-9,11,14,17H,10,16H2,1-5H3. The van der Waals surface area contributed by atoms with Gasteiger partial charge in [0, 0.05) is 13.2 Å². The molecule has 1 aromatic carbocycles. The van der Waals surface area contributed by atoms with Gasteiger partial charge in [-0.25, -0.2) is 0 Å². The van der Waals surface area contributed by atoms with Crippen LogP contribution in [0, 0.1) is 0 Å². The van der Waals surface area contributed by atoms with Crippen molar-refractivity contribution < 1.29 is 4.74 Å². The maximum Gasteiger partial charge on any atom is 0.0561 e. The molecule has 1 rings (SSSR count). The minimum atomic E-state index is 0.133. The summed E-state index contributed by atoms with van der Waals surface area (Å²) >= 11 is 0. The normalized spacial score (nSPS) is 15.4. The monoisotopic (exact) mass is 250 g/mol. The lowest BCUT2D eigenvalue weighted by Crippen LogP contribution is -2.30. The van der Waals surface area contributed by atoms with Crippen molar-refractivity contribution in [1.29, 1.82) is 0 Å². The number of nitrogens with two attached hydrogens (primary N) is 1. The smallest absolute Gasteiger partial charge is 0.0561 e. The van der Waals surface area contributed by atoms with E-state index in [1.165, 1.54) is 11.1 Å². The molecule has 0 saturated carbocycles. The van der Waals surface area contributed by atoms with Crippen LogP contribution in [0.1, 0.15) is 51.3 Å². The molecule has 2 unspecified atom stereocenters. The lowest BCUT2D eigenvalue weighted by Gasteiger charge is -2.22. The third kappa shape index (κ3) is 4.09. The largest absolute Gasteiger partial charge is 0.382 e. The van der Waals surface area contributed by atoms with E-state index >= 15 is 0 Å². The summed E-state index contributed by atoms with van der Waals surface area (Å²) in [4.78, 5) is 0. The van der Waals surface area contributed by atoms with Crippen molar-refractivity contribution in [2.75, 3.05) is 7.11 Å². The second-order valence-electron chi connectivity index (χ2n) is 5.87. The molecule has 3 heteroatoms. The van der Waals surface area contributed by atoms with E-state index in [1.54, 1.807) is 7.11 Å². The SMILES string of the molecule is COC(C)CC(NN)c1ccc(C(C)(C)C)cc1. The van der Waals surface area contributed by atoms with E-state index in [2.05, 4.69) is 50.5 Å². The molecule has 0 spiro atoms. The van der Waals surface area contributed by atoms with Crippen molar-refractivity contribution in [1.82, 2.24) is 5.43 Å². The Labute approximate surface area is 111 Å². The molecule has 2 atom stereocenters. The Morgan fingerprint density at radius 3 is 2.17 bits per heavy atom. The lowest BCUT2D eigenvalue weighted by atomic mass is 9.86. The van der Waals surface area contributed by atoms with E-state index in [9.17, 15) is 0 Å². The molecule has 0 amide bonds. The minimum absolute atomic E-state index is 0.133. The zero-order valence-corrected chi connectivity index (χ0v) is 12.2. The molecular formula is C15H26N2O. The summed E-state index contributed by atoms with van der Waals surface area (Å²) in [6.07, 6.45) is 1.05. The summed E-state index contributed by atoms with van der Waals surface area (Å²) in [5.74, 6) is 5.63. The second-order valence-corrected chi connectivity index (χ2v) is 5.87. The van der Waals surface area contributed by atoms with E-state index in [0.29, 0.717) is 0 Å². The number of benzene rings is 1. The number of rotatable bonds is 5. The van der Waals surface area contributed by atoms with Crippen LogP contribution in [-0.4, -0.2) is 13.2 Å². The van der Waals surface area contributed by atoms with Crippen LogP contribution in [0.25, 0.3) is 0 Å². The van der Waals surface area contributed by atoms with Crippen molar-refractivity contribution >= 4 is 0 Å². The van der Waals surface area contributed by atoms with Crippen molar-refractivity contribution in [2.45, 2.75) is 51.7 Å². The Bertz CT molecular complexity index is 354. The highest BCUT2D eigenvalue weighted by molar-refractivity contribution is 5.29. The fourth-order valence-electron chi connectivity index (χ4n) is 1.94. The zero-order valence-electron chi connectivity index (χ0n) is 12.2. The quantitative estimate of drug-likeness (QED) is 0.624. The summed E-state index contributed by atoms with van der Waals surface area (Å²) in [6.45, 7) is 8.70. The molecule has 0 radical (unpaired) electrons. The van der Waals surface area contributed by atoms with Crippen molar-refractivity contribution in [3.8, 4) is 0 Å². The zero-order chi connectivity index (χ0) is 13.8. The maximum atomic E-state index is 5.63. The molecule has 0 aliphatic carbocycles. The van der Waals surface area contributed by atoms with Gasteiger partial charge in [-0.15, -0.1) is 0 Å². The van der Waals surface area contributed by atoms with Crippen LogP contribution in [0.5, 0.6) is 0 Å². The van der Waals surface area contributed by atoms with Crippen LogP contribution in [-0.2, 0) is 10.2 Å². The van der Waals surface area contributed by atoms with Crippen LogP contribution in [0.2, 0.25) is 0 Å². The Morgan fingerprint density at radius 1 is 1.22 bits per heavy atom. The Hall–Kier alpha value is -0.900. The van der Waals surface area contributed by atoms with Gasteiger partial charge in [0.05, 0.1) is 6.10 Å². The first-order valence-corrected chi connectivity index (χ1v) is 6.48. The molecular weight excluding hydrogens is 224 g/mol. The molecule has 0 saturated heterocycles. The van der Waals surface area contributed by atoms with Crippen LogP contribution < -0.4 is 11.3 Å². The number of ether oxygens (including phenoxy) is 1. The molecule has 18 heavy (non-hydrogen) atoms. The van der Waals surface area contributed by atoms with Crippen molar-refractivity contribution in [3.63, 3.8) is 0 Å². The number of methoxy groups -OCH3 is 1. The highest BCUT2D eigenvalue weighted by Crippen LogP contribution is 2.25. The molecule has 0 fully saturated rings. The lowest BCUT2D eigenvalue weighted by molar-refractivity contribution is 0.100. The Balaban J connectivity index is 2.82. The highest BCUT2D eigenvalue weighted by Gasteiger charge is 2.16. The molecule has 3 nitrogen and oxygen atoms in total. The topological polar surface area (TPSA) is 47.3 Å². The van der Waals surface area contributed by atoms with E-state index < -0.39 is 0 Å². The number of hydrogen-bond acceptors (Lipinski definition) is 3. The summed E-state index contributed by atoms with van der Waals surface area (Å²) in [7, 11) is 1.72. The van der Waals surface area contributed by atoms with Gasteiger partial charge in [0.15, 0.2) is 0 Å². The molecule has 0 heterocycles. The second kappa shape index (κ2) is 6.32. The van der Waals surface area contributed by atoms with Gasteiger partial charge in [-0.3, -0.25) is 11.3 Å². The fraction of sp³-hybridized carbons (Fsp3) is 0.600. The predicted octanol–water partition coefficient (Wildman–Crippen LogP) is 2.91. The molecule has 1 aromatic rings. The summed E-state index contributed by atoms with van der Waals surface area (Å²) < 4.78 is 5.29. The van der Waals surface area contributed by atoms with Gasteiger partial charge >= 0.3 is 0 Å².